The Bertz CT molecular complexity index is 515. The van der Waals surface area contributed by atoms with Crippen molar-refractivity contribution in [2.45, 2.75) is 27.0 Å². The Morgan fingerprint density at radius 3 is 2.68 bits per heavy atom. The highest BCUT2D eigenvalue weighted by molar-refractivity contribution is 8.00. The van der Waals surface area contributed by atoms with Gasteiger partial charge in [-0.2, -0.15) is 0 Å². The SMILES string of the molecule is CC(=O)NC1C(=O)N2CC(Cl)(C(=O)OCC(Cl)(Cl)Cl)CS[C@H]12. The van der Waals surface area contributed by atoms with Gasteiger partial charge in [0.05, 0.1) is 6.54 Å². The number of carbonyl (C=O) groups is 3. The lowest BCUT2D eigenvalue weighted by atomic mass is 10.0. The normalized spacial score (nSPS) is 31.1. The molecule has 22 heavy (non-hydrogen) atoms. The van der Waals surface area contributed by atoms with Gasteiger partial charge in [-0.1, -0.05) is 34.8 Å². The van der Waals surface area contributed by atoms with Gasteiger partial charge >= 0.3 is 5.97 Å². The topological polar surface area (TPSA) is 75.7 Å². The number of ether oxygens (including phenoxy) is 1. The zero-order valence-corrected chi connectivity index (χ0v) is 15.1. The molecular weight excluding hydrogens is 398 g/mol. The standard InChI is InChI=1S/C11H12Cl4N2O4S/c1-5(18)16-6-7(19)17-2-10(12,4-22-8(6)17)9(20)21-3-11(13,14)15/h6,8H,2-4H2,1H3,(H,16,18)/t6?,8-,10?/m1/s1. The number of esters is 1. The number of hydrogen-bond acceptors (Lipinski definition) is 5. The zero-order valence-electron chi connectivity index (χ0n) is 11.3. The van der Waals surface area contributed by atoms with Gasteiger partial charge in [0.2, 0.25) is 15.6 Å². The molecule has 2 fully saturated rings. The van der Waals surface area contributed by atoms with Crippen molar-refractivity contribution in [3.8, 4) is 0 Å². The summed E-state index contributed by atoms with van der Waals surface area (Å²) in [6.45, 7) is 0.894. The second kappa shape index (κ2) is 6.43. The molecule has 0 aromatic heterocycles. The Morgan fingerprint density at radius 2 is 2.14 bits per heavy atom. The summed E-state index contributed by atoms with van der Waals surface area (Å²) in [7, 11) is 0. The number of hydrogen-bond donors (Lipinski definition) is 1. The van der Waals surface area contributed by atoms with Crippen LogP contribution in [-0.4, -0.2) is 61.7 Å². The van der Waals surface area contributed by atoms with E-state index in [1.807, 2.05) is 0 Å². The summed E-state index contributed by atoms with van der Waals surface area (Å²) >= 11 is 24.1. The number of alkyl halides is 4. The molecule has 3 atom stereocenters. The van der Waals surface area contributed by atoms with Gasteiger partial charge in [0.25, 0.3) is 0 Å². The maximum atomic E-state index is 12.1. The van der Waals surface area contributed by atoms with Gasteiger partial charge in [0, 0.05) is 12.7 Å². The number of β-lactam (4-membered cyclic amide) rings is 1. The molecule has 6 nitrogen and oxygen atoms in total. The van der Waals surface area contributed by atoms with Gasteiger partial charge in [-0.05, 0) is 0 Å². The lowest BCUT2D eigenvalue weighted by Crippen LogP contribution is -2.74. The fourth-order valence-corrected chi connectivity index (χ4v) is 4.08. The van der Waals surface area contributed by atoms with Crippen LogP contribution in [0.4, 0.5) is 0 Å². The first kappa shape index (κ1) is 18.3. The number of halogens is 4. The molecule has 2 rings (SSSR count). The number of nitrogens with zero attached hydrogens (tertiary/aromatic N) is 1. The van der Waals surface area contributed by atoms with Crippen LogP contribution in [-0.2, 0) is 19.1 Å². The van der Waals surface area contributed by atoms with Crippen LogP contribution in [0.15, 0.2) is 0 Å². The molecule has 0 spiro atoms. The molecule has 0 aliphatic carbocycles. The molecule has 1 N–H and O–H groups in total. The molecule has 2 amide bonds. The first-order chi connectivity index (χ1) is 10.0. The van der Waals surface area contributed by atoms with Crippen molar-refractivity contribution < 1.29 is 19.1 Å². The Balaban J connectivity index is 1.96. The van der Waals surface area contributed by atoms with Gasteiger partial charge < -0.3 is 15.0 Å². The third kappa shape index (κ3) is 3.87. The second-order valence-electron chi connectivity index (χ2n) is 5.00. The lowest BCUT2D eigenvalue weighted by Gasteiger charge is -2.52. The van der Waals surface area contributed by atoms with Crippen LogP contribution in [0.25, 0.3) is 0 Å². The van der Waals surface area contributed by atoms with E-state index in [9.17, 15) is 14.4 Å². The van der Waals surface area contributed by atoms with Gasteiger partial charge in [-0.25, -0.2) is 0 Å². The zero-order chi connectivity index (χ0) is 16.7. The van der Waals surface area contributed by atoms with Crippen LogP contribution in [0.3, 0.4) is 0 Å². The number of carbonyl (C=O) groups excluding carboxylic acids is 3. The quantitative estimate of drug-likeness (QED) is 0.432. The minimum absolute atomic E-state index is 0.0141. The summed E-state index contributed by atoms with van der Waals surface area (Å²) in [4.78, 5) is 35.1. The Kier molecular flexibility index (Phi) is 5.34. The van der Waals surface area contributed by atoms with Crippen molar-refractivity contribution in [1.82, 2.24) is 10.2 Å². The fraction of sp³-hybridized carbons (Fsp3) is 0.727. The first-order valence-corrected chi connectivity index (χ1v) is 8.72. The predicted octanol–water partition coefficient (Wildman–Crippen LogP) is 1.30. The summed E-state index contributed by atoms with van der Waals surface area (Å²) in [5.41, 5.74) is 0. The minimum atomic E-state index is -1.73. The fourth-order valence-electron chi connectivity index (χ4n) is 2.16. The molecule has 2 saturated heterocycles. The van der Waals surface area contributed by atoms with Gasteiger partial charge in [0.15, 0.2) is 4.87 Å². The molecule has 2 aliphatic rings. The maximum Gasteiger partial charge on any atom is 0.330 e. The van der Waals surface area contributed by atoms with E-state index in [1.54, 1.807) is 0 Å². The molecule has 0 aromatic carbocycles. The summed E-state index contributed by atoms with van der Waals surface area (Å²) in [6.07, 6.45) is 0. The Hall–Kier alpha value is -0.0800. The number of rotatable bonds is 3. The smallest absolute Gasteiger partial charge is 0.330 e. The first-order valence-electron chi connectivity index (χ1n) is 6.15. The van der Waals surface area contributed by atoms with E-state index >= 15 is 0 Å². The van der Waals surface area contributed by atoms with E-state index in [4.69, 9.17) is 51.1 Å². The number of fused-ring (bicyclic) bond motifs is 1. The number of amides is 2. The van der Waals surface area contributed by atoms with Gasteiger partial charge in [-0.15, -0.1) is 23.4 Å². The summed E-state index contributed by atoms with van der Waals surface area (Å²) in [5.74, 6) is -1.10. The summed E-state index contributed by atoms with van der Waals surface area (Å²) in [5, 5.41) is 2.34. The van der Waals surface area contributed by atoms with E-state index in [1.165, 1.54) is 23.6 Å². The molecule has 2 heterocycles. The predicted molar refractivity (Wildman–Crippen MR) is 85.4 cm³/mol. The van der Waals surface area contributed by atoms with E-state index in [0.717, 1.165) is 0 Å². The van der Waals surface area contributed by atoms with E-state index < -0.39 is 27.3 Å². The highest BCUT2D eigenvalue weighted by Gasteiger charge is 2.57. The minimum Gasteiger partial charge on any atom is -0.460 e. The molecule has 11 heteroatoms. The van der Waals surface area contributed by atoms with Crippen molar-refractivity contribution in [3.05, 3.63) is 0 Å². The molecule has 0 radical (unpaired) electrons. The average molecular weight is 410 g/mol. The summed E-state index contributed by atoms with van der Waals surface area (Å²) in [6, 6.07) is -0.582. The third-order valence-corrected chi connectivity index (χ3v) is 5.56. The van der Waals surface area contributed by atoms with Crippen LogP contribution >= 0.6 is 58.2 Å². The van der Waals surface area contributed by atoms with E-state index in [0.29, 0.717) is 0 Å². The van der Waals surface area contributed by atoms with Crippen LogP contribution in [0.5, 0.6) is 0 Å². The second-order valence-corrected chi connectivity index (χ2v) is 9.35. The van der Waals surface area contributed by atoms with Crippen molar-refractivity contribution in [2.75, 3.05) is 18.9 Å². The molecule has 0 saturated carbocycles. The average Bonchev–Trinajstić information content (AvgIpc) is 2.41. The lowest BCUT2D eigenvalue weighted by molar-refractivity contribution is -0.154. The van der Waals surface area contributed by atoms with Gasteiger partial charge in [0.1, 0.15) is 18.0 Å². The molecule has 0 bridgehead atoms. The van der Waals surface area contributed by atoms with Crippen LogP contribution in [0, 0.1) is 0 Å². The third-order valence-electron chi connectivity index (χ3n) is 3.14. The molecule has 0 aromatic rings. The molecular formula is C11H12Cl4N2O4S. The molecule has 124 valence electrons. The number of nitrogens with one attached hydrogen (secondary N) is 1. The van der Waals surface area contributed by atoms with Crippen molar-refractivity contribution >= 4 is 75.9 Å². The van der Waals surface area contributed by atoms with Crippen molar-refractivity contribution in [3.63, 3.8) is 0 Å². The largest absolute Gasteiger partial charge is 0.460 e. The highest BCUT2D eigenvalue weighted by Crippen LogP contribution is 2.41. The van der Waals surface area contributed by atoms with E-state index in [2.05, 4.69) is 5.32 Å². The van der Waals surface area contributed by atoms with Crippen LogP contribution in [0.2, 0.25) is 0 Å². The monoisotopic (exact) mass is 408 g/mol. The van der Waals surface area contributed by atoms with Crippen molar-refractivity contribution in [2.24, 2.45) is 0 Å². The highest BCUT2D eigenvalue weighted by atomic mass is 35.6. The molecule has 2 aliphatic heterocycles. The van der Waals surface area contributed by atoms with Crippen LogP contribution in [0.1, 0.15) is 6.92 Å². The molecule has 2 unspecified atom stereocenters. The Morgan fingerprint density at radius 1 is 1.50 bits per heavy atom. The van der Waals surface area contributed by atoms with Crippen molar-refractivity contribution in [1.29, 1.82) is 0 Å². The van der Waals surface area contributed by atoms with Gasteiger partial charge in [-0.3, -0.25) is 14.4 Å². The van der Waals surface area contributed by atoms with E-state index in [-0.39, 0.29) is 29.5 Å². The Labute approximate surface area is 151 Å². The number of thioether (sulfide) groups is 1. The summed E-state index contributed by atoms with van der Waals surface area (Å²) < 4.78 is 3.17. The van der Waals surface area contributed by atoms with Crippen LogP contribution < -0.4 is 5.32 Å². The maximum absolute atomic E-state index is 12.1.